The molecule has 1 atom stereocenters. The Morgan fingerprint density at radius 3 is 2.76 bits per heavy atom. The van der Waals surface area contributed by atoms with Gasteiger partial charge in [0.15, 0.2) is 0 Å². The van der Waals surface area contributed by atoms with Crippen molar-refractivity contribution in [2.24, 2.45) is 5.92 Å². The van der Waals surface area contributed by atoms with Gasteiger partial charge in [-0.3, -0.25) is 10.1 Å². The molecule has 1 aliphatic carbocycles. The van der Waals surface area contributed by atoms with Gasteiger partial charge in [0.1, 0.15) is 0 Å². The number of carbonyl (C=O) groups is 2. The van der Waals surface area contributed by atoms with Crippen LogP contribution < -0.4 is 10.6 Å². The van der Waals surface area contributed by atoms with Crippen LogP contribution in [-0.2, 0) is 24.1 Å². The number of hydrogen-bond acceptors (Lipinski definition) is 4. The Balaban J connectivity index is 1.58. The molecule has 2 amide bonds. The summed E-state index contributed by atoms with van der Waals surface area (Å²) >= 11 is 1.70. The van der Waals surface area contributed by atoms with Crippen LogP contribution in [-0.4, -0.2) is 19.1 Å². The van der Waals surface area contributed by atoms with Crippen LogP contribution in [0.5, 0.6) is 0 Å². The molecule has 0 saturated carbocycles. The molecule has 3 rings (SSSR count). The van der Waals surface area contributed by atoms with Crippen molar-refractivity contribution >= 4 is 29.0 Å². The first-order valence-corrected chi connectivity index (χ1v) is 9.26. The molecule has 1 heterocycles. The molecular weight excluding hydrogens is 336 g/mol. The highest BCUT2D eigenvalue weighted by Gasteiger charge is 2.22. The van der Waals surface area contributed by atoms with Crippen molar-refractivity contribution in [3.63, 3.8) is 0 Å². The lowest BCUT2D eigenvalue weighted by Gasteiger charge is -2.18. The number of hydrogen-bond donors (Lipinski definition) is 2. The number of fused-ring (bicyclic) bond motifs is 1. The lowest BCUT2D eigenvalue weighted by Crippen LogP contribution is -2.24. The fraction of sp³-hybridized carbons (Fsp3) is 0.368. The minimum atomic E-state index is -0.502. The minimum absolute atomic E-state index is 0.0104. The maximum Gasteiger partial charge on any atom is 0.411 e. The smallest absolute Gasteiger partial charge is 0.411 e. The van der Waals surface area contributed by atoms with Crippen molar-refractivity contribution in [2.45, 2.75) is 32.7 Å². The zero-order valence-corrected chi connectivity index (χ0v) is 15.2. The second kappa shape index (κ2) is 7.70. The molecule has 0 saturated heterocycles. The highest BCUT2D eigenvalue weighted by Crippen LogP contribution is 2.32. The molecule has 0 radical (unpaired) electrons. The zero-order valence-electron chi connectivity index (χ0n) is 14.4. The Bertz CT molecular complexity index is 767. The van der Waals surface area contributed by atoms with Crippen molar-refractivity contribution in [2.75, 3.05) is 12.4 Å². The highest BCUT2D eigenvalue weighted by atomic mass is 32.1. The molecule has 132 valence electrons. The van der Waals surface area contributed by atoms with E-state index in [-0.39, 0.29) is 5.91 Å². The predicted octanol–water partition coefficient (Wildman–Crippen LogP) is 3.98. The summed E-state index contributed by atoms with van der Waals surface area (Å²) in [4.78, 5) is 25.0. The van der Waals surface area contributed by atoms with Gasteiger partial charge in [0.2, 0.25) is 0 Å². The maximum absolute atomic E-state index is 12.5. The maximum atomic E-state index is 12.5. The first-order chi connectivity index (χ1) is 12.1. The summed E-state index contributed by atoms with van der Waals surface area (Å²) in [6.45, 7) is 2.72. The Kier molecular flexibility index (Phi) is 5.38. The monoisotopic (exact) mass is 358 g/mol. The quantitative estimate of drug-likeness (QED) is 0.869. The second-order valence-corrected chi connectivity index (χ2v) is 7.36. The minimum Gasteiger partial charge on any atom is -0.453 e. The summed E-state index contributed by atoms with van der Waals surface area (Å²) in [6.07, 6.45) is 2.73. The van der Waals surface area contributed by atoms with E-state index in [1.807, 2.05) is 17.5 Å². The molecule has 2 N–H and O–H groups in total. The zero-order chi connectivity index (χ0) is 17.8. The molecular formula is C19H22N2O3S. The van der Waals surface area contributed by atoms with E-state index in [1.54, 1.807) is 23.5 Å². The molecule has 0 bridgehead atoms. The summed E-state index contributed by atoms with van der Waals surface area (Å²) in [5.74, 6) is 0.697. The van der Waals surface area contributed by atoms with Crippen molar-refractivity contribution in [1.82, 2.24) is 5.32 Å². The Hall–Kier alpha value is -2.34. The van der Waals surface area contributed by atoms with Gasteiger partial charge < -0.3 is 10.1 Å². The van der Waals surface area contributed by atoms with E-state index in [0.717, 1.165) is 30.4 Å². The standard InChI is InChI=1S/C19H22N2O3S/c1-12-3-8-15-16(11-25-17(15)9-12)18(22)20-10-13-4-6-14(7-5-13)21-19(23)24-2/h4-7,11-12H,3,8-10H2,1-2H3,(H,20,22)(H,21,23). The van der Waals surface area contributed by atoms with Crippen LogP contribution in [0, 0.1) is 5.92 Å². The molecule has 5 nitrogen and oxygen atoms in total. The van der Waals surface area contributed by atoms with E-state index < -0.39 is 6.09 Å². The van der Waals surface area contributed by atoms with Crippen LogP contribution >= 0.6 is 11.3 Å². The number of rotatable bonds is 4. The van der Waals surface area contributed by atoms with Gasteiger partial charge >= 0.3 is 6.09 Å². The first kappa shape index (κ1) is 17.5. The number of amides is 2. The van der Waals surface area contributed by atoms with Gasteiger partial charge in [0.25, 0.3) is 5.91 Å². The van der Waals surface area contributed by atoms with Crippen molar-refractivity contribution < 1.29 is 14.3 Å². The third-order valence-electron chi connectivity index (χ3n) is 4.49. The number of thiophene rings is 1. The number of ether oxygens (including phenoxy) is 1. The van der Waals surface area contributed by atoms with Crippen LogP contribution in [0.2, 0.25) is 0 Å². The first-order valence-electron chi connectivity index (χ1n) is 8.38. The van der Waals surface area contributed by atoms with E-state index in [1.165, 1.54) is 17.6 Å². The molecule has 1 unspecified atom stereocenters. The van der Waals surface area contributed by atoms with Crippen LogP contribution in [0.25, 0.3) is 0 Å². The average Bonchev–Trinajstić information content (AvgIpc) is 3.03. The summed E-state index contributed by atoms with van der Waals surface area (Å²) in [6, 6.07) is 7.31. The number of methoxy groups -OCH3 is 1. The number of nitrogens with one attached hydrogen (secondary N) is 2. The molecule has 1 aromatic carbocycles. The molecule has 0 fully saturated rings. The molecule has 6 heteroatoms. The van der Waals surface area contributed by atoms with Gasteiger partial charge in [-0.05, 0) is 48.4 Å². The SMILES string of the molecule is COC(=O)Nc1ccc(CNC(=O)c2csc3c2CCC(C)C3)cc1. The van der Waals surface area contributed by atoms with Crippen LogP contribution in [0.15, 0.2) is 29.6 Å². The number of carbonyl (C=O) groups excluding carboxylic acids is 2. The fourth-order valence-electron chi connectivity index (χ4n) is 3.02. The van der Waals surface area contributed by atoms with Gasteiger partial charge in [-0.25, -0.2) is 4.79 Å². The molecule has 1 aromatic heterocycles. The van der Waals surface area contributed by atoms with Crippen molar-refractivity contribution in [3.05, 3.63) is 51.2 Å². The summed E-state index contributed by atoms with van der Waals surface area (Å²) in [5.41, 5.74) is 3.69. The molecule has 0 aliphatic heterocycles. The summed E-state index contributed by atoms with van der Waals surface area (Å²) < 4.78 is 4.55. The Morgan fingerprint density at radius 2 is 2.04 bits per heavy atom. The van der Waals surface area contributed by atoms with Crippen molar-refractivity contribution in [1.29, 1.82) is 0 Å². The van der Waals surface area contributed by atoms with E-state index in [4.69, 9.17) is 0 Å². The third kappa shape index (κ3) is 4.20. The van der Waals surface area contributed by atoms with Crippen LogP contribution in [0.3, 0.4) is 0 Å². The van der Waals surface area contributed by atoms with Gasteiger partial charge in [-0.15, -0.1) is 11.3 Å². The summed E-state index contributed by atoms with van der Waals surface area (Å²) in [7, 11) is 1.32. The lowest BCUT2D eigenvalue weighted by atomic mass is 9.88. The number of benzene rings is 1. The fourth-order valence-corrected chi connectivity index (χ4v) is 4.26. The van der Waals surface area contributed by atoms with Gasteiger partial charge in [-0.1, -0.05) is 19.1 Å². The number of anilines is 1. The molecule has 2 aromatic rings. The van der Waals surface area contributed by atoms with E-state index in [2.05, 4.69) is 22.3 Å². The highest BCUT2D eigenvalue weighted by molar-refractivity contribution is 7.10. The topological polar surface area (TPSA) is 67.4 Å². The van der Waals surface area contributed by atoms with Gasteiger partial charge in [-0.2, -0.15) is 0 Å². The average molecular weight is 358 g/mol. The van der Waals surface area contributed by atoms with E-state index in [0.29, 0.717) is 18.2 Å². The third-order valence-corrected chi connectivity index (χ3v) is 5.54. The van der Waals surface area contributed by atoms with Crippen molar-refractivity contribution in [3.8, 4) is 0 Å². The second-order valence-electron chi connectivity index (χ2n) is 6.40. The van der Waals surface area contributed by atoms with Gasteiger partial charge in [0, 0.05) is 22.5 Å². The van der Waals surface area contributed by atoms with E-state index >= 15 is 0 Å². The Labute approximate surface area is 151 Å². The van der Waals surface area contributed by atoms with E-state index in [9.17, 15) is 9.59 Å². The van der Waals surface area contributed by atoms with Crippen LogP contribution in [0.1, 0.15) is 39.7 Å². The Morgan fingerprint density at radius 1 is 1.28 bits per heavy atom. The largest absolute Gasteiger partial charge is 0.453 e. The van der Waals surface area contributed by atoms with Crippen LogP contribution in [0.4, 0.5) is 10.5 Å². The van der Waals surface area contributed by atoms with Gasteiger partial charge in [0.05, 0.1) is 12.7 Å². The summed E-state index contributed by atoms with van der Waals surface area (Å²) in [5, 5.41) is 7.57. The molecule has 0 spiro atoms. The molecule has 25 heavy (non-hydrogen) atoms. The predicted molar refractivity (Wildman–Crippen MR) is 99.1 cm³/mol. The normalized spacial score (nSPS) is 16.0. The molecule has 1 aliphatic rings. The lowest BCUT2D eigenvalue weighted by molar-refractivity contribution is 0.0950.